The summed E-state index contributed by atoms with van der Waals surface area (Å²) < 4.78 is 0. The summed E-state index contributed by atoms with van der Waals surface area (Å²) in [6.07, 6.45) is 0. The summed E-state index contributed by atoms with van der Waals surface area (Å²) in [5, 5.41) is 3.35. The predicted molar refractivity (Wildman–Crippen MR) is 64.3 cm³/mol. The van der Waals surface area contributed by atoms with E-state index in [2.05, 4.69) is 31.3 Å². The van der Waals surface area contributed by atoms with Crippen LogP contribution < -0.4 is 16.8 Å². The van der Waals surface area contributed by atoms with Crippen molar-refractivity contribution < 1.29 is 0 Å². The van der Waals surface area contributed by atoms with Crippen LogP contribution in [0, 0.1) is 6.92 Å². The highest BCUT2D eigenvalue weighted by Crippen LogP contribution is 2.30. The van der Waals surface area contributed by atoms with Gasteiger partial charge in [-0.3, -0.25) is 0 Å². The molecule has 3 nitrogen and oxygen atoms in total. The molecule has 0 radical (unpaired) electrons. The molecule has 0 aromatic heterocycles. The Kier molecular flexibility index (Phi) is 2.40. The maximum atomic E-state index is 6.06. The van der Waals surface area contributed by atoms with E-state index in [1.165, 1.54) is 16.7 Å². The number of nitrogens with two attached hydrogens (primary N) is 2. The van der Waals surface area contributed by atoms with Crippen molar-refractivity contribution in [2.24, 2.45) is 11.5 Å². The molecule has 0 saturated carbocycles. The number of rotatable bonds is 1. The zero-order valence-corrected chi connectivity index (χ0v) is 9.22. The van der Waals surface area contributed by atoms with Gasteiger partial charge in [0.15, 0.2) is 0 Å². The van der Waals surface area contributed by atoms with E-state index in [0.717, 1.165) is 23.5 Å². The lowest BCUT2D eigenvalue weighted by Crippen LogP contribution is -2.17. The third kappa shape index (κ3) is 1.59. The first-order chi connectivity index (χ1) is 7.13. The Balaban J connectivity index is 2.59. The van der Waals surface area contributed by atoms with Crippen molar-refractivity contribution in [3.63, 3.8) is 0 Å². The van der Waals surface area contributed by atoms with E-state index >= 15 is 0 Å². The molecular formula is C12H17N3. The molecule has 80 valence electrons. The molecule has 0 amide bonds. The number of benzene rings is 1. The minimum Gasteiger partial charge on any atom is -0.398 e. The van der Waals surface area contributed by atoms with Crippen molar-refractivity contribution >= 4 is 11.4 Å². The molecule has 1 aromatic rings. The van der Waals surface area contributed by atoms with Crippen LogP contribution in [0.3, 0.4) is 0 Å². The molecule has 5 N–H and O–H groups in total. The van der Waals surface area contributed by atoms with Crippen molar-refractivity contribution in [3.05, 3.63) is 34.4 Å². The summed E-state index contributed by atoms with van der Waals surface area (Å²) in [7, 11) is 0. The van der Waals surface area contributed by atoms with Crippen molar-refractivity contribution in [1.82, 2.24) is 0 Å². The number of anilines is 1. The van der Waals surface area contributed by atoms with Crippen LogP contribution in [0.5, 0.6) is 0 Å². The number of nitrogens with one attached hydrogen (secondary N) is 1. The fourth-order valence-corrected chi connectivity index (χ4v) is 1.89. The molecule has 0 saturated heterocycles. The van der Waals surface area contributed by atoms with Crippen LogP contribution in [0.4, 0.5) is 5.69 Å². The van der Waals surface area contributed by atoms with Gasteiger partial charge in [0.2, 0.25) is 0 Å². The second-order valence-electron chi connectivity index (χ2n) is 4.08. The first kappa shape index (κ1) is 10.1. The molecule has 1 aromatic carbocycles. The topological polar surface area (TPSA) is 64.1 Å². The third-order valence-electron chi connectivity index (χ3n) is 2.99. The van der Waals surface area contributed by atoms with Crippen molar-refractivity contribution in [2.75, 3.05) is 11.9 Å². The van der Waals surface area contributed by atoms with E-state index in [0.29, 0.717) is 6.54 Å². The van der Waals surface area contributed by atoms with Crippen molar-refractivity contribution in [3.8, 4) is 0 Å². The summed E-state index contributed by atoms with van der Waals surface area (Å²) in [5.41, 5.74) is 18.4. The highest BCUT2D eigenvalue weighted by molar-refractivity contribution is 5.80. The molecule has 0 unspecified atom stereocenters. The fourth-order valence-electron chi connectivity index (χ4n) is 1.89. The Bertz CT molecular complexity index is 433. The Morgan fingerprint density at radius 1 is 1.33 bits per heavy atom. The monoisotopic (exact) mass is 203 g/mol. The van der Waals surface area contributed by atoms with Gasteiger partial charge in [-0.25, -0.2) is 0 Å². The van der Waals surface area contributed by atoms with Gasteiger partial charge in [-0.05, 0) is 42.7 Å². The predicted octanol–water partition coefficient (Wildman–Crippen LogP) is 1.57. The van der Waals surface area contributed by atoms with E-state index in [9.17, 15) is 0 Å². The van der Waals surface area contributed by atoms with Crippen LogP contribution in [0.1, 0.15) is 23.6 Å². The molecule has 2 rings (SSSR count). The number of hydrogen-bond acceptors (Lipinski definition) is 3. The summed E-state index contributed by atoms with van der Waals surface area (Å²) in [6.45, 7) is 5.52. The molecular weight excluding hydrogens is 186 g/mol. The lowest BCUT2D eigenvalue weighted by Gasteiger charge is -2.22. The van der Waals surface area contributed by atoms with E-state index in [-0.39, 0.29) is 0 Å². The highest BCUT2D eigenvalue weighted by atomic mass is 14.9. The van der Waals surface area contributed by atoms with Gasteiger partial charge >= 0.3 is 0 Å². The fraction of sp³-hybridized carbons (Fsp3) is 0.333. The van der Waals surface area contributed by atoms with Gasteiger partial charge in [-0.1, -0.05) is 0 Å². The number of hydrogen-bond donors (Lipinski definition) is 3. The highest BCUT2D eigenvalue weighted by Gasteiger charge is 2.14. The molecule has 0 atom stereocenters. The zero-order valence-electron chi connectivity index (χ0n) is 9.22. The van der Waals surface area contributed by atoms with Gasteiger partial charge in [0.1, 0.15) is 0 Å². The van der Waals surface area contributed by atoms with E-state index < -0.39 is 0 Å². The molecule has 3 heteroatoms. The van der Waals surface area contributed by atoms with Gasteiger partial charge in [0, 0.05) is 30.0 Å². The minimum atomic E-state index is 0.573. The minimum absolute atomic E-state index is 0.573. The molecule has 0 spiro atoms. The molecule has 1 aliphatic heterocycles. The van der Waals surface area contributed by atoms with Gasteiger partial charge < -0.3 is 16.8 Å². The summed E-state index contributed by atoms with van der Waals surface area (Å²) in [6, 6.07) is 4.21. The average Bonchev–Trinajstić information content (AvgIpc) is 2.24. The first-order valence-corrected chi connectivity index (χ1v) is 5.16. The van der Waals surface area contributed by atoms with E-state index in [1.807, 2.05) is 0 Å². The summed E-state index contributed by atoms with van der Waals surface area (Å²) in [5.74, 6) is 0. The standard InChI is InChI=1S/C12H17N3/c1-7-3-10-11(4-9(7)5-13)15-6-8(2)12(10)14/h3-4,15H,5-6,13-14H2,1-2H3. The maximum Gasteiger partial charge on any atom is 0.0440 e. The smallest absolute Gasteiger partial charge is 0.0440 e. The lowest BCUT2D eigenvalue weighted by atomic mass is 9.96. The van der Waals surface area contributed by atoms with Crippen molar-refractivity contribution in [2.45, 2.75) is 20.4 Å². The molecule has 0 fully saturated rings. The molecule has 15 heavy (non-hydrogen) atoms. The maximum absolute atomic E-state index is 6.06. The Morgan fingerprint density at radius 3 is 2.73 bits per heavy atom. The number of aryl methyl sites for hydroxylation is 1. The van der Waals surface area contributed by atoms with Gasteiger partial charge in [-0.2, -0.15) is 0 Å². The van der Waals surface area contributed by atoms with E-state index in [4.69, 9.17) is 11.5 Å². The average molecular weight is 203 g/mol. The second-order valence-corrected chi connectivity index (χ2v) is 4.08. The van der Waals surface area contributed by atoms with Gasteiger partial charge in [0.05, 0.1) is 0 Å². The SMILES string of the molecule is CC1=C(N)c2cc(C)c(CN)cc2NC1. The molecule has 0 bridgehead atoms. The second kappa shape index (κ2) is 3.59. The van der Waals surface area contributed by atoms with Gasteiger partial charge in [-0.15, -0.1) is 0 Å². The summed E-state index contributed by atoms with van der Waals surface area (Å²) in [4.78, 5) is 0. The quantitative estimate of drug-likeness (QED) is 0.649. The van der Waals surface area contributed by atoms with Crippen LogP contribution in [0.25, 0.3) is 5.70 Å². The first-order valence-electron chi connectivity index (χ1n) is 5.16. The van der Waals surface area contributed by atoms with Crippen LogP contribution in [-0.2, 0) is 6.54 Å². The Morgan fingerprint density at radius 2 is 2.07 bits per heavy atom. The van der Waals surface area contributed by atoms with Crippen LogP contribution >= 0.6 is 0 Å². The number of fused-ring (bicyclic) bond motifs is 1. The molecule has 1 aliphatic rings. The molecule has 1 heterocycles. The van der Waals surface area contributed by atoms with Crippen LogP contribution in [-0.4, -0.2) is 6.54 Å². The Hall–Kier alpha value is -1.48. The third-order valence-corrected chi connectivity index (χ3v) is 2.99. The van der Waals surface area contributed by atoms with Crippen molar-refractivity contribution in [1.29, 1.82) is 0 Å². The van der Waals surface area contributed by atoms with Crippen LogP contribution in [0.2, 0.25) is 0 Å². The van der Waals surface area contributed by atoms with Gasteiger partial charge in [0.25, 0.3) is 0 Å². The lowest BCUT2D eigenvalue weighted by molar-refractivity contribution is 1.04. The largest absolute Gasteiger partial charge is 0.398 e. The Labute approximate surface area is 90.2 Å². The van der Waals surface area contributed by atoms with E-state index in [1.54, 1.807) is 0 Å². The zero-order chi connectivity index (χ0) is 11.0. The summed E-state index contributed by atoms with van der Waals surface area (Å²) >= 11 is 0. The molecule has 0 aliphatic carbocycles. The normalized spacial score (nSPS) is 14.9. The van der Waals surface area contributed by atoms with Crippen LogP contribution in [0.15, 0.2) is 17.7 Å².